The van der Waals surface area contributed by atoms with E-state index < -0.39 is 11.0 Å². The molecule has 19 heavy (non-hydrogen) atoms. The van der Waals surface area contributed by atoms with Gasteiger partial charge in [0.2, 0.25) is 0 Å². The number of para-hydroxylation sites is 1. The summed E-state index contributed by atoms with van der Waals surface area (Å²) in [7, 11) is 0. The number of hydrazine groups is 1. The van der Waals surface area contributed by atoms with Crippen molar-refractivity contribution < 1.29 is 10.0 Å². The quantitative estimate of drug-likeness (QED) is 0.429. The van der Waals surface area contributed by atoms with Crippen LogP contribution in [-0.2, 0) is 0 Å². The van der Waals surface area contributed by atoms with Crippen molar-refractivity contribution in [2.45, 2.75) is 19.4 Å². The van der Waals surface area contributed by atoms with E-state index in [0.717, 1.165) is 6.42 Å². The number of aliphatic hydroxyl groups excluding tert-OH is 1. The molecule has 1 heterocycles. The molecule has 0 saturated carbocycles. The summed E-state index contributed by atoms with van der Waals surface area (Å²) < 4.78 is 0. The number of nitrogen functional groups attached to an aromatic ring is 1. The summed E-state index contributed by atoms with van der Waals surface area (Å²) in [5.41, 5.74) is 3.06. The molecule has 7 heteroatoms. The van der Waals surface area contributed by atoms with Gasteiger partial charge in [0.1, 0.15) is 11.4 Å². The molecule has 1 fully saturated rings. The molecule has 0 aliphatic carbocycles. The molecular weight excluding hydrogens is 248 g/mol. The highest BCUT2D eigenvalue weighted by atomic mass is 16.6. The Balaban J connectivity index is 2.37. The van der Waals surface area contributed by atoms with Crippen molar-refractivity contribution in [3.63, 3.8) is 0 Å². The molecule has 2 rings (SSSR count). The average molecular weight is 266 g/mol. The van der Waals surface area contributed by atoms with Gasteiger partial charge in [0.15, 0.2) is 0 Å². The van der Waals surface area contributed by atoms with Crippen molar-refractivity contribution in [3.05, 3.63) is 28.3 Å². The minimum absolute atomic E-state index is 0.0493. The van der Waals surface area contributed by atoms with E-state index in [1.54, 1.807) is 18.2 Å². The Morgan fingerprint density at radius 2 is 2.32 bits per heavy atom. The summed E-state index contributed by atoms with van der Waals surface area (Å²) in [4.78, 5) is 12.6. The molecule has 1 aromatic carbocycles. The van der Waals surface area contributed by atoms with Gasteiger partial charge in [0, 0.05) is 13.1 Å². The van der Waals surface area contributed by atoms with E-state index in [9.17, 15) is 15.2 Å². The van der Waals surface area contributed by atoms with Crippen molar-refractivity contribution in [2.24, 2.45) is 11.8 Å². The van der Waals surface area contributed by atoms with E-state index in [2.05, 4.69) is 5.43 Å². The molecule has 2 unspecified atom stereocenters. The van der Waals surface area contributed by atoms with Crippen LogP contribution in [0.5, 0.6) is 0 Å². The number of β-amino-alcohol motifs (C(OH)–C–C–N with tert-alkyl or cyclic N) is 1. The number of rotatable bonds is 3. The van der Waals surface area contributed by atoms with E-state index >= 15 is 0 Å². The highest BCUT2D eigenvalue weighted by Crippen LogP contribution is 2.36. The first-order valence-corrected chi connectivity index (χ1v) is 6.21. The maximum atomic E-state index is 11.2. The van der Waals surface area contributed by atoms with Gasteiger partial charge in [-0.25, -0.2) is 0 Å². The number of hydrogen-bond donors (Lipinski definition) is 3. The largest absolute Gasteiger partial charge is 0.391 e. The summed E-state index contributed by atoms with van der Waals surface area (Å²) in [6, 6.07) is 4.95. The van der Waals surface area contributed by atoms with Crippen molar-refractivity contribution in [2.75, 3.05) is 23.4 Å². The smallest absolute Gasteiger partial charge is 0.316 e. The first-order chi connectivity index (χ1) is 9.04. The van der Waals surface area contributed by atoms with Gasteiger partial charge in [-0.05, 0) is 24.5 Å². The Kier molecular flexibility index (Phi) is 3.87. The van der Waals surface area contributed by atoms with Crippen LogP contribution in [0.4, 0.5) is 17.1 Å². The van der Waals surface area contributed by atoms with Gasteiger partial charge in [-0.1, -0.05) is 13.0 Å². The third kappa shape index (κ3) is 2.61. The van der Waals surface area contributed by atoms with Crippen LogP contribution in [0.3, 0.4) is 0 Å². The van der Waals surface area contributed by atoms with Crippen molar-refractivity contribution in [3.8, 4) is 0 Å². The van der Waals surface area contributed by atoms with Crippen LogP contribution in [0.1, 0.15) is 13.3 Å². The lowest BCUT2D eigenvalue weighted by Gasteiger charge is -2.35. The molecule has 0 spiro atoms. The zero-order valence-corrected chi connectivity index (χ0v) is 10.7. The van der Waals surface area contributed by atoms with Crippen LogP contribution < -0.4 is 16.2 Å². The maximum Gasteiger partial charge on any atom is 0.316 e. The van der Waals surface area contributed by atoms with Gasteiger partial charge in [-0.2, -0.15) is 0 Å². The lowest BCUT2D eigenvalue weighted by molar-refractivity contribution is -0.383. The third-order valence-corrected chi connectivity index (χ3v) is 3.61. The van der Waals surface area contributed by atoms with Crippen LogP contribution in [-0.4, -0.2) is 29.2 Å². The fourth-order valence-electron chi connectivity index (χ4n) is 2.36. The molecule has 0 amide bonds. The van der Waals surface area contributed by atoms with Crippen LogP contribution in [0.2, 0.25) is 0 Å². The number of nitrogens with two attached hydrogens (primary N) is 1. The predicted octanol–water partition coefficient (Wildman–Crippen LogP) is 1.09. The van der Waals surface area contributed by atoms with Gasteiger partial charge < -0.3 is 15.4 Å². The Morgan fingerprint density at radius 3 is 2.89 bits per heavy atom. The summed E-state index contributed by atoms with van der Waals surface area (Å²) in [5.74, 6) is 5.53. The number of piperidine rings is 1. The number of nitrogens with zero attached hydrogens (tertiary/aromatic N) is 2. The molecule has 1 aromatic rings. The molecule has 1 aliphatic heterocycles. The maximum absolute atomic E-state index is 11.2. The van der Waals surface area contributed by atoms with E-state index in [0.29, 0.717) is 18.8 Å². The van der Waals surface area contributed by atoms with E-state index in [1.165, 1.54) is 0 Å². The minimum Gasteiger partial charge on any atom is -0.391 e. The lowest BCUT2D eigenvalue weighted by atomic mass is 9.95. The molecule has 0 bridgehead atoms. The van der Waals surface area contributed by atoms with Gasteiger partial charge >= 0.3 is 5.69 Å². The zero-order chi connectivity index (χ0) is 14.0. The fraction of sp³-hybridized carbons (Fsp3) is 0.500. The predicted molar refractivity (Wildman–Crippen MR) is 72.9 cm³/mol. The van der Waals surface area contributed by atoms with Crippen LogP contribution in [0.25, 0.3) is 0 Å². The second kappa shape index (κ2) is 5.41. The summed E-state index contributed by atoms with van der Waals surface area (Å²) in [6.07, 6.45) is 0.335. The number of nitro benzene ring substituents is 1. The summed E-state index contributed by atoms with van der Waals surface area (Å²) in [5, 5.41) is 21.1. The third-order valence-electron chi connectivity index (χ3n) is 3.61. The number of nitrogens with one attached hydrogen (secondary N) is 1. The molecule has 1 aliphatic rings. The van der Waals surface area contributed by atoms with Crippen LogP contribution >= 0.6 is 0 Å². The summed E-state index contributed by atoms with van der Waals surface area (Å²) in [6.45, 7) is 3.07. The first kappa shape index (κ1) is 13.6. The van der Waals surface area contributed by atoms with Gasteiger partial charge in [-0.15, -0.1) is 0 Å². The second-order valence-electron chi connectivity index (χ2n) is 4.85. The van der Waals surface area contributed by atoms with Crippen LogP contribution in [0.15, 0.2) is 18.2 Å². The normalized spacial score (nSPS) is 23.2. The average Bonchev–Trinajstić information content (AvgIpc) is 2.40. The van der Waals surface area contributed by atoms with Crippen molar-refractivity contribution >= 4 is 17.1 Å². The monoisotopic (exact) mass is 266 g/mol. The van der Waals surface area contributed by atoms with Gasteiger partial charge in [-0.3, -0.25) is 16.0 Å². The Bertz CT molecular complexity index is 480. The molecule has 1 saturated heterocycles. The molecule has 0 aromatic heterocycles. The van der Waals surface area contributed by atoms with Crippen molar-refractivity contribution in [1.29, 1.82) is 0 Å². The molecule has 0 radical (unpaired) electrons. The second-order valence-corrected chi connectivity index (χ2v) is 4.85. The number of nitro groups is 1. The zero-order valence-electron chi connectivity index (χ0n) is 10.7. The molecule has 4 N–H and O–H groups in total. The Labute approximate surface area is 111 Å². The number of anilines is 2. The topological polar surface area (TPSA) is 105 Å². The molecule has 104 valence electrons. The van der Waals surface area contributed by atoms with Crippen LogP contribution in [0, 0.1) is 16.0 Å². The van der Waals surface area contributed by atoms with E-state index in [-0.39, 0.29) is 17.3 Å². The van der Waals surface area contributed by atoms with E-state index in [4.69, 9.17) is 5.84 Å². The molecule has 2 atom stereocenters. The summed E-state index contributed by atoms with van der Waals surface area (Å²) >= 11 is 0. The fourth-order valence-corrected chi connectivity index (χ4v) is 2.36. The number of benzene rings is 1. The highest BCUT2D eigenvalue weighted by Gasteiger charge is 2.29. The minimum atomic E-state index is -0.470. The number of hydrogen-bond acceptors (Lipinski definition) is 6. The highest BCUT2D eigenvalue weighted by molar-refractivity contribution is 5.76. The lowest BCUT2D eigenvalue weighted by Crippen LogP contribution is -2.43. The van der Waals surface area contributed by atoms with E-state index in [1.807, 2.05) is 11.8 Å². The number of aliphatic hydroxyl groups is 1. The van der Waals surface area contributed by atoms with Gasteiger partial charge in [0.25, 0.3) is 0 Å². The Morgan fingerprint density at radius 1 is 1.58 bits per heavy atom. The SMILES string of the molecule is CC1CCN(c2cccc(NN)c2[N+](=O)[O-])CC1O. The molecular formula is C12H18N4O3. The van der Waals surface area contributed by atoms with Crippen molar-refractivity contribution in [1.82, 2.24) is 0 Å². The standard InChI is InChI=1S/C12H18N4O3/c1-8-5-6-15(7-11(8)17)10-4-2-3-9(14-13)12(10)16(18)19/h2-4,8,11,14,17H,5-7,13H2,1H3. The van der Waals surface area contributed by atoms with Gasteiger partial charge in [0.05, 0.1) is 11.0 Å². The molecule has 7 nitrogen and oxygen atoms in total. The first-order valence-electron chi connectivity index (χ1n) is 6.21. The Hall–Kier alpha value is -1.86.